The second-order valence-corrected chi connectivity index (χ2v) is 14.9. The predicted molar refractivity (Wildman–Crippen MR) is 239 cm³/mol. The SMILES string of the molecule is C1=CCC(n2c3ccc(-c4cncc(-c5cc(-c6ccccc6)cc(-c6c7ccccc7c(-c7ccccc7)c7ccccc67)c5)c4)cc3c3cccnc32)C=C1. The van der Waals surface area contributed by atoms with Crippen LogP contribution in [0.25, 0.3) is 99.1 Å². The van der Waals surface area contributed by atoms with Gasteiger partial charge in [-0.1, -0.05) is 140 Å². The highest BCUT2D eigenvalue weighted by Gasteiger charge is 2.20. The highest BCUT2D eigenvalue weighted by atomic mass is 15.1. The fourth-order valence-corrected chi connectivity index (χ4v) is 9.00. The number of pyridine rings is 2. The van der Waals surface area contributed by atoms with Crippen molar-refractivity contribution in [1.29, 1.82) is 0 Å². The van der Waals surface area contributed by atoms with Crippen LogP contribution in [0.15, 0.2) is 207 Å². The van der Waals surface area contributed by atoms with E-state index >= 15 is 0 Å². The summed E-state index contributed by atoms with van der Waals surface area (Å²) < 4.78 is 2.39. The van der Waals surface area contributed by atoms with E-state index < -0.39 is 0 Å². The quantitative estimate of drug-likeness (QED) is 0.160. The van der Waals surface area contributed by atoms with Gasteiger partial charge in [-0.15, -0.1) is 0 Å². The van der Waals surface area contributed by atoms with Gasteiger partial charge in [0.05, 0.1) is 11.6 Å². The maximum atomic E-state index is 4.87. The molecule has 0 saturated carbocycles. The number of hydrogen-bond donors (Lipinski definition) is 0. The molecule has 1 atom stereocenters. The molecule has 1 aliphatic carbocycles. The average molecular weight is 728 g/mol. The predicted octanol–water partition coefficient (Wildman–Crippen LogP) is 14.3. The van der Waals surface area contributed by atoms with Crippen molar-refractivity contribution >= 4 is 43.5 Å². The molecule has 57 heavy (non-hydrogen) atoms. The number of fused-ring (bicyclic) bond motifs is 5. The molecular formula is C54H37N3. The minimum atomic E-state index is 0.232. The summed E-state index contributed by atoms with van der Waals surface area (Å²) in [6.45, 7) is 0. The Bertz CT molecular complexity index is 3150. The molecule has 268 valence electrons. The first-order valence-corrected chi connectivity index (χ1v) is 19.7. The van der Waals surface area contributed by atoms with E-state index in [1.165, 1.54) is 71.2 Å². The Morgan fingerprint density at radius 1 is 0.421 bits per heavy atom. The van der Waals surface area contributed by atoms with Crippen LogP contribution in [0.1, 0.15) is 12.5 Å². The Labute approximate surface area is 331 Å². The van der Waals surface area contributed by atoms with E-state index in [2.05, 4.69) is 187 Å². The monoisotopic (exact) mass is 727 g/mol. The fraction of sp³-hybridized carbons (Fsp3) is 0.0370. The van der Waals surface area contributed by atoms with Gasteiger partial charge in [0, 0.05) is 40.5 Å². The molecule has 0 spiro atoms. The van der Waals surface area contributed by atoms with Crippen LogP contribution in [0.3, 0.4) is 0 Å². The van der Waals surface area contributed by atoms with Crippen LogP contribution in [0, 0.1) is 0 Å². The Hall–Kier alpha value is -7.36. The third kappa shape index (κ3) is 5.67. The molecule has 3 heterocycles. The number of allylic oxidation sites excluding steroid dienone is 4. The Balaban J connectivity index is 1.10. The van der Waals surface area contributed by atoms with Gasteiger partial charge in [-0.3, -0.25) is 4.98 Å². The van der Waals surface area contributed by atoms with Gasteiger partial charge in [-0.25, -0.2) is 4.98 Å². The van der Waals surface area contributed by atoms with Gasteiger partial charge in [0.25, 0.3) is 0 Å². The molecule has 1 unspecified atom stereocenters. The van der Waals surface area contributed by atoms with E-state index in [4.69, 9.17) is 9.97 Å². The van der Waals surface area contributed by atoms with Crippen molar-refractivity contribution in [2.24, 2.45) is 0 Å². The molecule has 0 amide bonds. The molecule has 0 aliphatic heterocycles. The third-order valence-electron chi connectivity index (χ3n) is 11.6. The van der Waals surface area contributed by atoms with Crippen molar-refractivity contribution in [2.45, 2.75) is 12.5 Å². The lowest BCUT2D eigenvalue weighted by atomic mass is 9.84. The van der Waals surface area contributed by atoms with E-state index in [1.54, 1.807) is 0 Å². The molecule has 0 radical (unpaired) electrons. The molecule has 11 rings (SSSR count). The lowest BCUT2D eigenvalue weighted by Gasteiger charge is -2.19. The van der Waals surface area contributed by atoms with Crippen molar-refractivity contribution in [1.82, 2.24) is 14.5 Å². The van der Waals surface area contributed by atoms with Gasteiger partial charge < -0.3 is 4.57 Å². The first-order valence-electron chi connectivity index (χ1n) is 19.7. The smallest absolute Gasteiger partial charge is 0.141 e. The summed E-state index contributed by atoms with van der Waals surface area (Å²) in [5.41, 5.74) is 13.9. The zero-order chi connectivity index (χ0) is 37.7. The second-order valence-electron chi connectivity index (χ2n) is 14.9. The minimum absolute atomic E-state index is 0.232. The maximum Gasteiger partial charge on any atom is 0.141 e. The van der Waals surface area contributed by atoms with Gasteiger partial charge in [0.2, 0.25) is 0 Å². The fourth-order valence-electron chi connectivity index (χ4n) is 9.00. The third-order valence-corrected chi connectivity index (χ3v) is 11.6. The highest BCUT2D eigenvalue weighted by Crippen LogP contribution is 2.45. The van der Waals surface area contributed by atoms with Crippen molar-refractivity contribution < 1.29 is 0 Å². The normalized spacial score (nSPS) is 13.9. The van der Waals surface area contributed by atoms with E-state index in [0.717, 1.165) is 34.3 Å². The molecule has 7 aromatic carbocycles. The maximum absolute atomic E-state index is 4.87. The number of aromatic nitrogens is 3. The lowest BCUT2D eigenvalue weighted by Crippen LogP contribution is -2.07. The standard InChI is InChI=1S/C54H37N3/c1-4-15-36(16-5-1)39-29-40(31-41(30-39)53-47-23-12-10-21-45(47)52(37-17-6-2-7-18-37)46-22-11-13-24-48(46)53)43-32-42(34-55-35-43)38-26-27-51-50(33-38)49-25-14-28-56-54(49)57(51)44-19-8-3-9-20-44/h1-19,21-35,44H,20H2. The van der Waals surface area contributed by atoms with Gasteiger partial charge in [-0.2, -0.15) is 0 Å². The Morgan fingerprint density at radius 3 is 1.65 bits per heavy atom. The van der Waals surface area contributed by atoms with Crippen LogP contribution >= 0.6 is 0 Å². The van der Waals surface area contributed by atoms with Gasteiger partial charge in [0.15, 0.2) is 0 Å². The van der Waals surface area contributed by atoms with Crippen molar-refractivity contribution in [3.05, 3.63) is 207 Å². The largest absolute Gasteiger partial charge is 0.318 e. The van der Waals surface area contributed by atoms with Crippen LogP contribution in [0.4, 0.5) is 0 Å². The van der Waals surface area contributed by atoms with E-state index in [9.17, 15) is 0 Å². The van der Waals surface area contributed by atoms with Gasteiger partial charge >= 0.3 is 0 Å². The minimum Gasteiger partial charge on any atom is -0.318 e. The topological polar surface area (TPSA) is 30.7 Å². The van der Waals surface area contributed by atoms with Crippen LogP contribution in [0.2, 0.25) is 0 Å². The summed E-state index contributed by atoms with van der Waals surface area (Å²) >= 11 is 0. The first kappa shape index (κ1) is 33.0. The molecule has 3 aromatic heterocycles. The summed E-state index contributed by atoms with van der Waals surface area (Å²) in [4.78, 5) is 9.74. The molecule has 0 fully saturated rings. The highest BCUT2D eigenvalue weighted by molar-refractivity contribution is 6.21. The molecule has 1 aliphatic rings. The second kappa shape index (κ2) is 13.7. The number of rotatable bonds is 6. The van der Waals surface area contributed by atoms with Crippen molar-refractivity contribution in [3.8, 4) is 55.6 Å². The molecule has 0 N–H and O–H groups in total. The summed E-state index contributed by atoms with van der Waals surface area (Å²) in [6.07, 6.45) is 15.6. The number of nitrogens with zero attached hydrogens (tertiary/aromatic N) is 3. The molecule has 10 aromatic rings. The molecule has 0 saturated heterocycles. The molecular weight excluding hydrogens is 691 g/mol. The lowest BCUT2D eigenvalue weighted by molar-refractivity contribution is 0.643. The van der Waals surface area contributed by atoms with Gasteiger partial charge in [0.1, 0.15) is 5.65 Å². The molecule has 3 heteroatoms. The van der Waals surface area contributed by atoms with Crippen molar-refractivity contribution in [2.75, 3.05) is 0 Å². The molecule has 0 bridgehead atoms. The Kier molecular flexibility index (Phi) is 7.96. The number of hydrogen-bond acceptors (Lipinski definition) is 2. The van der Waals surface area contributed by atoms with Crippen LogP contribution < -0.4 is 0 Å². The number of benzene rings is 7. The van der Waals surface area contributed by atoms with Crippen LogP contribution in [0.5, 0.6) is 0 Å². The summed E-state index contributed by atoms with van der Waals surface area (Å²) in [6, 6.07) is 59.9. The van der Waals surface area contributed by atoms with E-state index in [-0.39, 0.29) is 6.04 Å². The Morgan fingerprint density at radius 2 is 0.982 bits per heavy atom. The summed E-state index contributed by atoms with van der Waals surface area (Å²) in [7, 11) is 0. The first-order chi connectivity index (χ1) is 28.3. The van der Waals surface area contributed by atoms with Crippen LogP contribution in [-0.2, 0) is 0 Å². The average Bonchev–Trinajstić information content (AvgIpc) is 3.62. The summed E-state index contributed by atoms with van der Waals surface area (Å²) in [5.74, 6) is 0. The van der Waals surface area contributed by atoms with E-state index in [0.29, 0.717) is 0 Å². The summed E-state index contributed by atoms with van der Waals surface area (Å²) in [5, 5.41) is 7.33. The molecule has 3 nitrogen and oxygen atoms in total. The van der Waals surface area contributed by atoms with Crippen LogP contribution in [-0.4, -0.2) is 14.5 Å². The van der Waals surface area contributed by atoms with Crippen molar-refractivity contribution in [3.63, 3.8) is 0 Å². The zero-order valence-electron chi connectivity index (χ0n) is 31.3. The van der Waals surface area contributed by atoms with E-state index in [1.807, 2.05) is 24.7 Å². The van der Waals surface area contributed by atoms with Gasteiger partial charge in [-0.05, 0) is 121 Å². The zero-order valence-corrected chi connectivity index (χ0v) is 31.3.